The average molecular weight is 254 g/mol. The minimum atomic E-state index is -5.51. The molecule has 1 unspecified atom stereocenters. The van der Waals surface area contributed by atoms with Gasteiger partial charge in [0.05, 0.1) is 6.42 Å². The number of halogens is 5. The number of rotatable bonds is 3. The van der Waals surface area contributed by atoms with Crippen LogP contribution in [0, 0.1) is 5.82 Å². The number of carbonyl (C=O) groups is 1. The fourth-order valence-corrected chi connectivity index (χ4v) is 1.34. The van der Waals surface area contributed by atoms with Gasteiger partial charge in [-0.3, -0.25) is 4.79 Å². The average Bonchev–Trinajstić information content (AvgIpc) is 2.15. The van der Waals surface area contributed by atoms with Crippen LogP contribution in [0.15, 0.2) is 24.3 Å². The topological polar surface area (TPSA) is 37.3 Å². The molecule has 1 aromatic carbocycles. The highest BCUT2D eigenvalue weighted by molar-refractivity contribution is 5.69. The highest BCUT2D eigenvalue weighted by Gasteiger charge is 2.59. The van der Waals surface area contributed by atoms with E-state index in [0.717, 1.165) is 12.1 Å². The van der Waals surface area contributed by atoms with Crippen LogP contribution in [0.1, 0.15) is 12.0 Å². The first-order chi connectivity index (χ1) is 7.68. The van der Waals surface area contributed by atoms with E-state index in [2.05, 4.69) is 0 Å². The van der Waals surface area contributed by atoms with Crippen molar-refractivity contribution in [2.75, 3.05) is 0 Å². The zero-order chi connectivity index (χ0) is 13.3. The summed E-state index contributed by atoms with van der Waals surface area (Å²) in [5.74, 6) is -3.44. The van der Waals surface area contributed by atoms with Crippen LogP contribution in [-0.2, 0) is 10.5 Å². The second-order valence-electron chi connectivity index (χ2n) is 3.35. The summed E-state index contributed by atoms with van der Waals surface area (Å²) in [5.41, 5.74) is -5.56. The largest absolute Gasteiger partial charge is 0.481 e. The molecule has 0 saturated carbocycles. The molecule has 1 aromatic rings. The normalized spacial score (nSPS) is 15.4. The van der Waals surface area contributed by atoms with Gasteiger partial charge in [-0.25, -0.2) is 8.78 Å². The summed E-state index contributed by atoms with van der Waals surface area (Å²) >= 11 is 0. The zero-order valence-electron chi connectivity index (χ0n) is 8.26. The van der Waals surface area contributed by atoms with E-state index in [1.807, 2.05) is 0 Å². The van der Waals surface area contributed by atoms with E-state index in [1.54, 1.807) is 0 Å². The molecule has 94 valence electrons. The summed E-state index contributed by atoms with van der Waals surface area (Å²) in [6.45, 7) is 0. The monoisotopic (exact) mass is 254 g/mol. The number of benzene rings is 1. The van der Waals surface area contributed by atoms with Crippen LogP contribution >= 0.6 is 0 Å². The molecule has 1 N–H and O–H groups in total. The molecule has 2 nitrogen and oxygen atoms in total. The first-order valence-electron chi connectivity index (χ1n) is 4.41. The van der Waals surface area contributed by atoms with Crippen LogP contribution in [0.3, 0.4) is 0 Å². The van der Waals surface area contributed by atoms with Gasteiger partial charge in [0, 0.05) is 5.56 Å². The fraction of sp³-hybridized carbons (Fsp3) is 0.300. The van der Waals surface area contributed by atoms with Gasteiger partial charge in [-0.1, -0.05) is 18.2 Å². The second kappa shape index (κ2) is 4.31. The second-order valence-corrected chi connectivity index (χ2v) is 3.35. The molecule has 0 aromatic heterocycles. The van der Waals surface area contributed by atoms with Gasteiger partial charge in [-0.2, -0.15) is 13.2 Å². The molecule has 0 bridgehead atoms. The minimum Gasteiger partial charge on any atom is -0.481 e. The van der Waals surface area contributed by atoms with Gasteiger partial charge in [0.2, 0.25) is 5.67 Å². The molecular formula is C10H7F5O2. The maximum atomic E-state index is 13.8. The Balaban J connectivity index is 3.35. The predicted molar refractivity (Wildman–Crippen MR) is 47.5 cm³/mol. The Morgan fingerprint density at radius 2 is 1.71 bits per heavy atom. The molecule has 0 heterocycles. The number of alkyl halides is 4. The summed E-state index contributed by atoms with van der Waals surface area (Å²) in [6, 6.07) is 3.29. The Morgan fingerprint density at radius 1 is 1.18 bits per heavy atom. The third kappa shape index (κ3) is 2.54. The minimum absolute atomic E-state index is 0.575. The summed E-state index contributed by atoms with van der Waals surface area (Å²) in [6.07, 6.45) is -7.38. The Labute approximate surface area is 92.7 Å². The zero-order valence-corrected chi connectivity index (χ0v) is 8.26. The number of aliphatic carboxylic acids is 1. The number of carboxylic acids is 1. The standard InChI is InChI=1S/C10H7F5O2/c11-7-4-2-1-3-6(7)9(12,5-8(16)17)10(13,14)15/h1-4H,5H2,(H,16,17). The van der Waals surface area contributed by atoms with Crippen LogP contribution in [0.25, 0.3) is 0 Å². The quantitative estimate of drug-likeness (QED) is 0.842. The van der Waals surface area contributed by atoms with Crippen molar-refractivity contribution in [1.29, 1.82) is 0 Å². The molecule has 17 heavy (non-hydrogen) atoms. The molecule has 0 aliphatic heterocycles. The molecule has 0 fully saturated rings. The van der Waals surface area contributed by atoms with Gasteiger partial charge in [0.25, 0.3) is 0 Å². The van der Waals surface area contributed by atoms with E-state index in [4.69, 9.17) is 5.11 Å². The van der Waals surface area contributed by atoms with E-state index >= 15 is 0 Å². The highest BCUT2D eigenvalue weighted by Crippen LogP contribution is 2.45. The van der Waals surface area contributed by atoms with Crippen molar-refractivity contribution in [3.63, 3.8) is 0 Å². The van der Waals surface area contributed by atoms with E-state index in [1.165, 1.54) is 0 Å². The smallest absolute Gasteiger partial charge is 0.427 e. The lowest BCUT2D eigenvalue weighted by Gasteiger charge is -2.27. The first kappa shape index (κ1) is 13.4. The predicted octanol–water partition coefficient (Wildman–Crippen LogP) is 3.03. The number of hydrogen-bond donors (Lipinski definition) is 1. The maximum Gasteiger partial charge on any atom is 0.427 e. The summed E-state index contributed by atoms with van der Waals surface area (Å²) in [5, 5.41) is 8.30. The third-order valence-electron chi connectivity index (χ3n) is 2.14. The van der Waals surface area contributed by atoms with Crippen LogP contribution in [0.2, 0.25) is 0 Å². The van der Waals surface area contributed by atoms with Crippen LogP contribution in [-0.4, -0.2) is 17.3 Å². The van der Waals surface area contributed by atoms with E-state index in [-0.39, 0.29) is 0 Å². The van der Waals surface area contributed by atoms with E-state index in [0.29, 0.717) is 12.1 Å². The van der Waals surface area contributed by atoms with Crippen molar-refractivity contribution < 1.29 is 31.9 Å². The van der Waals surface area contributed by atoms with Crippen LogP contribution in [0.4, 0.5) is 22.0 Å². The number of carboxylic acid groups (broad SMARTS) is 1. The van der Waals surface area contributed by atoms with Gasteiger partial charge in [-0.05, 0) is 6.07 Å². The number of hydrogen-bond acceptors (Lipinski definition) is 1. The maximum absolute atomic E-state index is 13.8. The van der Waals surface area contributed by atoms with Gasteiger partial charge in [0.15, 0.2) is 0 Å². The van der Waals surface area contributed by atoms with Crippen molar-refractivity contribution in [2.24, 2.45) is 0 Å². The summed E-state index contributed by atoms with van der Waals surface area (Å²) in [7, 11) is 0. The lowest BCUT2D eigenvalue weighted by Crippen LogP contribution is -2.40. The summed E-state index contributed by atoms with van der Waals surface area (Å²) < 4.78 is 64.5. The lowest BCUT2D eigenvalue weighted by molar-refractivity contribution is -0.240. The van der Waals surface area contributed by atoms with Crippen molar-refractivity contribution in [3.8, 4) is 0 Å². The van der Waals surface area contributed by atoms with Crippen molar-refractivity contribution in [2.45, 2.75) is 18.3 Å². The Kier molecular flexibility index (Phi) is 3.40. The van der Waals surface area contributed by atoms with Gasteiger partial charge < -0.3 is 5.11 Å². The Morgan fingerprint density at radius 3 is 2.12 bits per heavy atom. The molecule has 1 rings (SSSR count). The van der Waals surface area contributed by atoms with E-state index in [9.17, 15) is 26.7 Å². The summed E-state index contributed by atoms with van der Waals surface area (Å²) in [4.78, 5) is 10.3. The van der Waals surface area contributed by atoms with Crippen LogP contribution in [0.5, 0.6) is 0 Å². The fourth-order valence-electron chi connectivity index (χ4n) is 1.34. The van der Waals surface area contributed by atoms with Crippen molar-refractivity contribution in [1.82, 2.24) is 0 Å². The third-order valence-corrected chi connectivity index (χ3v) is 2.14. The van der Waals surface area contributed by atoms with Gasteiger partial charge in [0.1, 0.15) is 5.82 Å². The molecule has 0 aliphatic rings. The molecule has 0 spiro atoms. The molecule has 1 atom stereocenters. The Hall–Kier alpha value is -1.66. The Bertz CT molecular complexity index is 429. The van der Waals surface area contributed by atoms with Crippen LogP contribution < -0.4 is 0 Å². The van der Waals surface area contributed by atoms with Crippen molar-refractivity contribution >= 4 is 5.97 Å². The van der Waals surface area contributed by atoms with Gasteiger partial charge >= 0.3 is 12.1 Å². The molecule has 0 saturated heterocycles. The first-order valence-corrected chi connectivity index (χ1v) is 4.41. The molecule has 0 radical (unpaired) electrons. The molecule has 0 aliphatic carbocycles. The lowest BCUT2D eigenvalue weighted by atomic mass is 9.91. The SMILES string of the molecule is O=C(O)CC(F)(c1ccccc1F)C(F)(F)F. The van der Waals surface area contributed by atoms with Crippen molar-refractivity contribution in [3.05, 3.63) is 35.6 Å². The van der Waals surface area contributed by atoms with Gasteiger partial charge in [-0.15, -0.1) is 0 Å². The molecule has 0 amide bonds. The molecule has 7 heteroatoms. The van der Waals surface area contributed by atoms with E-state index < -0.39 is 35.6 Å². The highest BCUT2D eigenvalue weighted by atomic mass is 19.4. The molecular weight excluding hydrogens is 247 g/mol.